The second-order valence-corrected chi connectivity index (χ2v) is 6.03. The normalized spacial score (nSPS) is 11.4. The Morgan fingerprint density at radius 2 is 1.62 bits per heavy atom. The highest BCUT2D eigenvalue weighted by Gasteiger charge is 2.12. The van der Waals surface area contributed by atoms with Gasteiger partial charge in [0.25, 0.3) is 0 Å². The Labute approximate surface area is 128 Å². The van der Waals surface area contributed by atoms with E-state index in [0.29, 0.717) is 13.1 Å². The molecule has 0 radical (unpaired) electrons. The van der Waals surface area contributed by atoms with Crippen molar-refractivity contribution >= 4 is 12.0 Å². The number of carbonyl (C=O) groups is 1. The highest BCUT2D eigenvalue weighted by Crippen LogP contribution is 2.22. The van der Waals surface area contributed by atoms with Crippen LogP contribution < -0.4 is 0 Å². The maximum atomic E-state index is 12.1. The molecule has 0 unspecified atom stereocenters. The molecular weight excluding hydrogens is 258 g/mol. The van der Waals surface area contributed by atoms with Crippen LogP contribution >= 0.6 is 0 Å². The molecule has 0 N–H and O–H groups in total. The van der Waals surface area contributed by atoms with E-state index in [9.17, 15) is 4.79 Å². The van der Waals surface area contributed by atoms with Crippen molar-refractivity contribution in [2.75, 3.05) is 13.1 Å². The molecule has 0 aliphatic heterocycles. The number of hydrogen-bond acceptors (Lipinski definition) is 1. The average Bonchev–Trinajstić information content (AvgIpc) is 2.44. The summed E-state index contributed by atoms with van der Waals surface area (Å²) in [6, 6.07) is 8.29. The number of benzene rings is 1. The summed E-state index contributed by atoms with van der Waals surface area (Å²) >= 11 is 0. The summed E-state index contributed by atoms with van der Waals surface area (Å²) in [4.78, 5) is 13.7. The van der Waals surface area contributed by atoms with Gasteiger partial charge in [-0.05, 0) is 22.6 Å². The Morgan fingerprint density at radius 1 is 1.10 bits per heavy atom. The standard InChI is InChI=1S/C19H25NO/c1-6-14-20(15-7-2)18(21)13-10-16-8-11-17(12-9-16)19(3,4)5/h6-13H,1-2,14-15H2,3-5H3. The predicted molar refractivity (Wildman–Crippen MR) is 91.2 cm³/mol. The fourth-order valence-electron chi connectivity index (χ4n) is 1.93. The van der Waals surface area contributed by atoms with Gasteiger partial charge in [0, 0.05) is 19.2 Å². The maximum Gasteiger partial charge on any atom is 0.247 e. The van der Waals surface area contributed by atoms with Gasteiger partial charge in [-0.2, -0.15) is 0 Å². The SMILES string of the molecule is C=CCN(CC=C)C(=O)C=Cc1ccc(C(C)(C)C)cc1. The summed E-state index contributed by atoms with van der Waals surface area (Å²) in [6.07, 6.45) is 6.87. The smallest absolute Gasteiger partial charge is 0.247 e. The third-order valence-electron chi connectivity index (χ3n) is 3.21. The van der Waals surface area contributed by atoms with Crippen molar-refractivity contribution in [1.29, 1.82) is 0 Å². The lowest BCUT2D eigenvalue weighted by molar-refractivity contribution is -0.124. The zero-order chi connectivity index (χ0) is 15.9. The first-order chi connectivity index (χ1) is 9.88. The van der Waals surface area contributed by atoms with E-state index in [1.807, 2.05) is 18.2 Å². The minimum absolute atomic E-state index is 0.0327. The van der Waals surface area contributed by atoms with E-state index in [1.54, 1.807) is 23.1 Å². The first-order valence-electron chi connectivity index (χ1n) is 7.18. The van der Waals surface area contributed by atoms with E-state index in [1.165, 1.54) is 5.56 Å². The van der Waals surface area contributed by atoms with Crippen LogP contribution in [0.3, 0.4) is 0 Å². The fourth-order valence-corrected chi connectivity index (χ4v) is 1.93. The lowest BCUT2D eigenvalue weighted by Crippen LogP contribution is -2.29. The van der Waals surface area contributed by atoms with Gasteiger partial charge >= 0.3 is 0 Å². The lowest BCUT2D eigenvalue weighted by atomic mass is 9.87. The van der Waals surface area contributed by atoms with Crippen LogP contribution in [-0.2, 0) is 10.2 Å². The summed E-state index contributed by atoms with van der Waals surface area (Å²) in [5, 5.41) is 0. The minimum Gasteiger partial charge on any atom is -0.332 e. The van der Waals surface area contributed by atoms with Crippen LogP contribution in [0, 0.1) is 0 Å². The van der Waals surface area contributed by atoms with Crippen molar-refractivity contribution in [3.05, 3.63) is 66.8 Å². The topological polar surface area (TPSA) is 20.3 Å². The Hall–Kier alpha value is -2.09. The van der Waals surface area contributed by atoms with Crippen LogP contribution in [0.1, 0.15) is 31.9 Å². The Balaban J connectivity index is 2.77. The van der Waals surface area contributed by atoms with E-state index in [2.05, 4.69) is 46.1 Å². The van der Waals surface area contributed by atoms with Crippen molar-refractivity contribution in [2.24, 2.45) is 0 Å². The molecule has 112 valence electrons. The summed E-state index contributed by atoms with van der Waals surface area (Å²) in [5.41, 5.74) is 2.45. The number of nitrogens with zero attached hydrogens (tertiary/aromatic N) is 1. The average molecular weight is 283 g/mol. The van der Waals surface area contributed by atoms with Crippen molar-refractivity contribution < 1.29 is 4.79 Å². The number of amides is 1. The van der Waals surface area contributed by atoms with Gasteiger partial charge in [-0.3, -0.25) is 4.79 Å². The van der Waals surface area contributed by atoms with Crippen LogP contribution in [-0.4, -0.2) is 23.9 Å². The van der Waals surface area contributed by atoms with Gasteiger partial charge in [0.1, 0.15) is 0 Å². The van der Waals surface area contributed by atoms with Crippen LogP contribution in [0.15, 0.2) is 55.7 Å². The van der Waals surface area contributed by atoms with E-state index >= 15 is 0 Å². The molecule has 0 heterocycles. The Kier molecular flexibility index (Phi) is 6.16. The number of hydrogen-bond donors (Lipinski definition) is 0. The van der Waals surface area contributed by atoms with Gasteiger partial charge in [0.15, 0.2) is 0 Å². The van der Waals surface area contributed by atoms with Crippen LogP contribution in [0.5, 0.6) is 0 Å². The van der Waals surface area contributed by atoms with Crippen LogP contribution in [0.2, 0.25) is 0 Å². The number of rotatable bonds is 6. The monoisotopic (exact) mass is 283 g/mol. The van der Waals surface area contributed by atoms with Crippen molar-refractivity contribution in [3.8, 4) is 0 Å². The zero-order valence-corrected chi connectivity index (χ0v) is 13.3. The Bertz CT molecular complexity index is 507. The molecule has 0 saturated heterocycles. The van der Waals surface area contributed by atoms with E-state index in [-0.39, 0.29) is 11.3 Å². The van der Waals surface area contributed by atoms with Crippen LogP contribution in [0.25, 0.3) is 6.08 Å². The van der Waals surface area contributed by atoms with Gasteiger partial charge in [-0.25, -0.2) is 0 Å². The quantitative estimate of drug-likeness (QED) is 0.566. The molecule has 0 bridgehead atoms. The molecule has 1 aromatic rings. The molecule has 1 rings (SSSR count). The third kappa shape index (κ3) is 5.42. The van der Waals surface area contributed by atoms with Gasteiger partial charge < -0.3 is 4.90 Å². The highest BCUT2D eigenvalue weighted by atomic mass is 16.2. The lowest BCUT2D eigenvalue weighted by Gasteiger charge is -2.19. The van der Waals surface area contributed by atoms with Crippen LogP contribution in [0.4, 0.5) is 0 Å². The molecule has 0 fully saturated rings. The molecule has 0 aromatic heterocycles. The minimum atomic E-state index is -0.0327. The highest BCUT2D eigenvalue weighted by molar-refractivity contribution is 5.92. The van der Waals surface area contributed by atoms with Crippen molar-refractivity contribution in [1.82, 2.24) is 4.90 Å². The fraction of sp³-hybridized carbons (Fsp3) is 0.316. The third-order valence-corrected chi connectivity index (χ3v) is 3.21. The molecule has 21 heavy (non-hydrogen) atoms. The largest absolute Gasteiger partial charge is 0.332 e. The number of carbonyl (C=O) groups excluding carboxylic acids is 1. The molecule has 0 aliphatic rings. The van der Waals surface area contributed by atoms with E-state index in [0.717, 1.165) is 5.56 Å². The molecule has 0 atom stereocenters. The van der Waals surface area contributed by atoms with Gasteiger partial charge in [-0.15, -0.1) is 13.2 Å². The summed E-state index contributed by atoms with van der Waals surface area (Å²) in [5.74, 6) is -0.0327. The molecule has 0 saturated carbocycles. The first-order valence-corrected chi connectivity index (χ1v) is 7.18. The molecule has 0 aliphatic carbocycles. The van der Waals surface area contributed by atoms with E-state index < -0.39 is 0 Å². The summed E-state index contributed by atoms with van der Waals surface area (Å²) in [6.45, 7) is 14.9. The van der Waals surface area contributed by atoms with Gasteiger partial charge in [-0.1, -0.05) is 57.2 Å². The second kappa shape index (κ2) is 7.63. The summed E-state index contributed by atoms with van der Waals surface area (Å²) in [7, 11) is 0. The van der Waals surface area contributed by atoms with E-state index in [4.69, 9.17) is 0 Å². The van der Waals surface area contributed by atoms with Crippen molar-refractivity contribution in [2.45, 2.75) is 26.2 Å². The molecule has 1 amide bonds. The predicted octanol–water partition coefficient (Wildman–Crippen LogP) is 4.20. The maximum absolute atomic E-state index is 12.1. The molecule has 2 heteroatoms. The summed E-state index contributed by atoms with van der Waals surface area (Å²) < 4.78 is 0. The zero-order valence-electron chi connectivity index (χ0n) is 13.3. The molecule has 2 nitrogen and oxygen atoms in total. The second-order valence-electron chi connectivity index (χ2n) is 6.03. The van der Waals surface area contributed by atoms with Crippen molar-refractivity contribution in [3.63, 3.8) is 0 Å². The molecular formula is C19H25NO. The van der Waals surface area contributed by atoms with Gasteiger partial charge in [0.2, 0.25) is 5.91 Å². The Morgan fingerprint density at radius 3 is 2.05 bits per heavy atom. The van der Waals surface area contributed by atoms with Gasteiger partial charge in [0.05, 0.1) is 0 Å². The molecule has 0 spiro atoms. The molecule has 1 aromatic carbocycles. The first kappa shape index (κ1) is 17.0.